The van der Waals surface area contributed by atoms with Crippen LogP contribution in [0.15, 0.2) is 40.9 Å². The monoisotopic (exact) mass is 369 g/mol. The minimum Gasteiger partial charge on any atom is -0.397 e. The first-order valence-electron chi connectivity index (χ1n) is 5.69. The number of benzene rings is 2. The number of carbonyl (C=O) groups is 1. The van der Waals surface area contributed by atoms with Gasteiger partial charge >= 0.3 is 0 Å². The molecule has 0 bridgehead atoms. The van der Waals surface area contributed by atoms with Crippen molar-refractivity contribution >= 4 is 50.5 Å². The Kier molecular flexibility index (Phi) is 4.44. The normalized spacial score (nSPS) is 10.2. The summed E-state index contributed by atoms with van der Waals surface area (Å²) >= 11 is 9.10. The second kappa shape index (κ2) is 6.11. The number of rotatable bonds is 3. The molecule has 0 aliphatic rings. The van der Waals surface area contributed by atoms with Crippen LogP contribution in [-0.4, -0.2) is 10.8 Å². The average Bonchev–Trinajstić information content (AvgIpc) is 2.41. The molecule has 0 saturated heterocycles. The molecule has 0 aliphatic carbocycles. The highest BCUT2D eigenvalue weighted by Crippen LogP contribution is 2.29. The molecule has 2 rings (SSSR count). The van der Waals surface area contributed by atoms with Gasteiger partial charge in [0.25, 0.3) is 11.6 Å². The van der Waals surface area contributed by atoms with Crippen LogP contribution >= 0.6 is 27.5 Å². The lowest BCUT2D eigenvalue weighted by atomic mass is 10.1. The molecular weight excluding hydrogens is 362 g/mol. The summed E-state index contributed by atoms with van der Waals surface area (Å²) in [5, 5.41) is 13.4. The van der Waals surface area contributed by atoms with Crippen LogP contribution in [-0.2, 0) is 0 Å². The Hall–Kier alpha value is -2.12. The number of nitrogen functional groups attached to an aromatic ring is 1. The summed E-state index contributed by atoms with van der Waals surface area (Å²) in [7, 11) is 0. The molecule has 108 valence electrons. The van der Waals surface area contributed by atoms with Crippen molar-refractivity contribution in [3.05, 3.63) is 61.6 Å². The number of nitro groups is 1. The van der Waals surface area contributed by atoms with E-state index in [0.717, 1.165) is 16.6 Å². The number of carbonyl (C=O) groups excluding carboxylic acids is 1. The Bertz CT molecular complexity index is 737. The highest BCUT2D eigenvalue weighted by atomic mass is 79.9. The largest absolute Gasteiger partial charge is 0.397 e. The molecule has 0 spiro atoms. The molecule has 0 aromatic heterocycles. The average molecular weight is 371 g/mol. The summed E-state index contributed by atoms with van der Waals surface area (Å²) in [5.41, 5.74) is 5.89. The molecule has 0 heterocycles. The van der Waals surface area contributed by atoms with E-state index in [0.29, 0.717) is 5.69 Å². The van der Waals surface area contributed by atoms with Crippen molar-refractivity contribution in [1.29, 1.82) is 0 Å². The van der Waals surface area contributed by atoms with E-state index in [1.54, 1.807) is 24.3 Å². The van der Waals surface area contributed by atoms with Crippen molar-refractivity contribution in [2.24, 2.45) is 0 Å². The van der Waals surface area contributed by atoms with Gasteiger partial charge in [0, 0.05) is 22.3 Å². The Morgan fingerprint density at radius 2 is 2.05 bits per heavy atom. The first-order chi connectivity index (χ1) is 9.88. The van der Waals surface area contributed by atoms with E-state index in [2.05, 4.69) is 21.2 Å². The van der Waals surface area contributed by atoms with Crippen molar-refractivity contribution in [3.8, 4) is 0 Å². The minimum atomic E-state index is -0.638. The molecule has 0 saturated carbocycles. The van der Waals surface area contributed by atoms with Crippen LogP contribution < -0.4 is 11.1 Å². The molecule has 0 unspecified atom stereocenters. The van der Waals surface area contributed by atoms with Crippen molar-refractivity contribution < 1.29 is 9.72 Å². The Labute approximate surface area is 133 Å². The molecule has 0 fully saturated rings. The van der Waals surface area contributed by atoms with E-state index in [-0.39, 0.29) is 22.0 Å². The number of halogens is 2. The van der Waals surface area contributed by atoms with Crippen molar-refractivity contribution in [3.63, 3.8) is 0 Å². The summed E-state index contributed by atoms with van der Waals surface area (Å²) in [6, 6.07) is 9.10. The maximum Gasteiger partial charge on any atom is 0.271 e. The fourth-order valence-corrected chi connectivity index (χ4v) is 2.27. The lowest BCUT2D eigenvalue weighted by Gasteiger charge is -2.09. The highest BCUT2D eigenvalue weighted by Gasteiger charge is 2.19. The van der Waals surface area contributed by atoms with Crippen LogP contribution in [0.1, 0.15) is 10.4 Å². The maximum atomic E-state index is 12.2. The molecule has 8 heteroatoms. The predicted octanol–water partition coefficient (Wildman–Crippen LogP) is 3.85. The fourth-order valence-electron chi connectivity index (χ4n) is 1.66. The molecule has 0 radical (unpaired) electrons. The van der Waals surface area contributed by atoms with Gasteiger partial charge in [-0.2, -0.15) is 0 Å². The van der Waals surface area contributed by atoms with Gasteiger partial charge in [0.15, 0.2) is 0 Å². The van der Waals surface area contributed by atoms with E-state index < -0.39 is 10.8 Å². The molecule has 2 aromatic rings. The highest BCUT2D eigenvalue weighted by molar-refractivity contribution is 9.10. The van der Waals surface area contributed by atoms with Crippen LogP contribution in [0.2, 0.25) is 5.02 Å². The Morgan fingerprint density at radius 3 is 2.67 bits per heavy atom. The van der Waals surface area contributed by atoms with Gasteiger partial charge in [-0.25, -0.2) is 0 Å². The zero-order chi connectivity index (χ0) is 15.6. The van der Waals surface area contributed by atoms with E-state index in [1.165, 1.54) is 0 Å². The summed E-state index contributed by atoms with van der Waals surface area (Å²) in [5.74, 6) is -0.573. The minimum absolute atomic E-state index is 0.00485. The van der Waals surface area contributed by atoms with Gasteiger partial charge in [-0.15, -0.1) is 0 Å². The second-order valence-corrected chi connectivity index (χ2v) is 5.43. The number of nitro benzene ring substituents is 1. The number of amides is 1. The zero-order valence-electron chi connectivity index (χ0n) is 10.5. The second-order valence-electron chi connectivity index (χ2n) is 4.11. The summed E-state index contributed by atoms with van der Waals surface area (Å²) in [6.07, 6.45) is 0. The molecule has 0 atom stereocenters. The van der Waals surface area contributed by atoms with Gasteiger partial charge in [0.1, 0.15) is 0 Å². The smallest absolute Gasteiger partial charge is 0.271 e. The van der Waals surface area contributed by atoms with Crippen LogP contribution in [0.3, 0.4) is 0 Å². The summed E-state index contributed by atoms with van der Waals surface area (Å²) in [6.45, 7) is 0. The lowest BCUT2D eigenvalue weighted by molar-refractivity contribution is -0.384. The number of nitrogens with one attached hydrogen (secondary N) is 1. The fraction of sp³-hybridized carbons (Fsp3) is 0. The zero-order valence-corrected chi connectivity index (χ0v) is 12.8. The first kappa shape index (κ1) is 15.3. The van der Waals surface area contributed by atoms with Gasteiger partial charge in [0.2, 0.25) is 0 Å². The Balaban J connectivity index is 2.37. The van der Waals surface area contributed by atoms with E-state index in [4.69, 9.17) is 17.3 Å². The van der Waals surface area contributed by atoms with Crippen LogP contribution in [0, 0.1) is 10.1 Å². The van der Waals surface area contributed by atoms with Crippen LogP contribution in [0.25, 0.3) is 0 Å². The standard InChI is InChI=1S/C13H9BrClN3O3/c14-7-2-1-3-8(4-7)17-13(19)10-5-9(18(20)21)6-11(15)12(10)16/h1-6H,16H2,(H,17,19). The third-order valence-corrected chi connectivity index (χ3v) is 3.46. The predicted molar refractivity (Wildman–Crippen MR) is 84.6 cm³/mol. The molecular formula is C13H9BrClN3O3. The van der Waals surface area contributed by atoms with Gasteiger partial charge < -0.3 is 11.1 Å². The number of hydrogen-bond acceptors (Lipinski definition) is 4. The van der Waals surface area contributed by atoms with Gasteiger partial charge in [-0.3, -0.25) is 14.9 Å². The van der Waals surface area contributed by atoms with Gasteiger partial charge in [-0.1, -0.05) is 33.6 Å². The summed E-state index contributed by atoms with van der Waals surface area (Å²) in [4.78, 5) is 22.4. The SMILES string of the molecule is Nc1c(Cl)cc([N+](=O)[O-])cc1C(=O)Nc1cccc(Br)c1. The number of nitrogens with two attached hydrogens (primary N) is 1. The number of anilines is 2. The lowest BCUT2D eigenvalue weighted by Crippen LogP contribution is -2.14. The van der Waals surface area contributed by atoms with Crippen molar-refractivity contribution in [2.75, 3.05) is 11.1 Å². The molecule has 1 amide bonds. The third kappa shape index (κ3) is 3.50. The molecule has 2 aromatic carbocycles. The van der Waals surface area contributed by atoms with E-state index >= 15 is 0 Å². The number of nitrogens with zero attached hydrogens (tertiary/aromatic N) is 1. The van der Waals surface area contributed by atoms with E-state index in [1.807, 2.05) is 0 Å². The van der Waals surface area contributed by atoms with Crippen molar-refractivity contribution in [2.45, 2.75) is 0 Å². The quantitative estimate of drug-likeness (QED) is 0.487. The number of hydrogen-bond donors (Lipinski definition) is 2. The molecule has 3 N–H and O–H groups in total. The maximum absolute atomic E-state index is 12.2. The Morgan fingerprint density at radius 1 is 1.33 bits per heavy atom. The van der Waals surface area contributed by atoms with Crippen LogP contribution in [0.4, 0.5) is 17.1 Å². The number of non-ortho nitro benzene ring substituents is 1. The van der Waals surface area contributed by atoms with Gasteiger partial charge in [-0.05, 0) is 18.2 Å². The summed E-state index contributed by atoms with van der Waals surface area (Å²) < 4.78 is 0.783. The third-order valence-electron chi connectivity index (χ3n) is 2.65. The van der Waals surface area contributed by atoms with Crippen LogP contribution in [0.5, 0.6) is 0 Å². The molecule has 0 aliphatic heterocycles. The van der Waals surface area contributed by atoms with Crippen molar-refractivity contribution in [1.82, 2.24) is 0 Å². The molecule has 6 nitrogen and oxygen atoms in total. The topological polar surface area (TPSA) is 98.3 Å². The molecule has 21 heavy (non-hydrogen) atoms. The van der Waals surface area contributed by atoms with E-state index in [9.17, 15) is 14.9 Å². The van der Waals surface area contributed by atoms with Gasteiger partial charge in [0.05, 0.1) is 21.2 Å². The first-order valence-corrected chi connectivity index (χ1v) is 6.86.